The van der Waals surface area contributed by atoms with Crippen LogP contribution in [0.2, 0.25) is 0 Å². The molecule has 0 aliphatic carbocycles. The number of phenols is 2. The van der Waals surface area contributed by atoms with E-state index in [0.29, 0.717) is 25.7 Å². The number of carboxylic acid groups (broad SMARTS) is 1. The third kappa shape index (κ3) is 5.37. The summed E-state index contributed by atoms with van der Waals surface area (Å²) in [5.74, 6) is -2.20. The normalized spacial score (nSPS) is 12.1. The zero-order chi connectivity index (χ0) is 16.7. The first-order valence-electron chi connectivity index (χ1n) is 7.33. The second kappa shape index (κ2) is 8.38. The molecule has 22 heavy (non-hydrogen) atoms. The summed E-state index contributed by atoms with van der Waals surface area (Å²) in [6.45, 7) is 1.88. The molecule has 0 aliphatic rings. The topological polar surface area (TPSA) is 115 Å². The lowest BCUT2D eigenvalue weighted by atomic mass is 9.96. The van der Waals surface area contributed by atoms with E-state index in [1.165, 1.54) is 6.07 Å². The first-order chi connectivity index (χ1) is 10.3. The predicted molar refractivity (Wildman–Crippen MR) is 80.2 cm³/mol. The molecule has 0 saturated heterocycles. The lowest BCUT2D eigenvalue weighted by Gasteiger charge is -2.11. The molecule has 0 fully saturated rings. The molecule has 6 heteroatoms. The molecule has 0 unspecified atom stereocenters. The monoisotopic (exact) mass is 310 g/mol. The highest BCUT2D eigenvalue weighted by Gasteiger charge is 2.19. The van der Waals surface area contributed by atoms with E-state index >= 15 is 0 Å². The molecule has 0 spiro atoms. The van der Waals surface area contributed by atoms with Crippen LogP contribution in [0.1, 0.15) is 54.9 Å². The average Bonchev–Trinajstić information content (AvgIpc) is 2.41. The second-order valence-corrected chi connectivity index (χ2v) is 5.30. The van der Waals surface area contributed by atoms with E-state index in [0.717, 1.165) is 6.07 Å². The predicted octanol–water partition coefficient (Wildman–Crippen LogP) is 2.24. The van der Waals surface area contributed by atoms with Crippen LogP contribution < -0.4 is 0 Å². The number of rotatable bonds is 9. The number of unbranched alkanes of at least 4 members (excludes halogenated alkanes) is 1. The van der Waals surface area contributed by atoms with Crippen molar-refractivity contribution in [3.05, 3.63) is 23.3 Å². The fourth-order valence-electron chi connectivity index (χ4n) is 2.29. The molecule has 0 saturated carbocycles. The Hall–Kier alpha value is -2.08. The number of carbonyl (C=O) groups is 2. The molecule has 122 valence electrons. The number of carbonyl (C=O) groups excluding carboxylic acids is 1. The van der Waals surface area contributed by atoms with E-state index < -0.39 is 18.1 Å². The quantitative estimate of drug-likeness (QED) is 0.411. The van der Waals surface area contributed by atoms with Gasteiger partial charge in [-0.2, -0.15) is 0 Å². The van der Waals surface area contributed by atoms with Gasteiger partial charge < -0.3 is 20.4 Å². The molecule has 0 amide bonds. The van der Waals surface area contributed by atoms with Gasteiger partial charge in [0, 0.05) is 12.5 Å². The molecular weight excluding hydrogens is 288 g/mol. The molecule has 1 aromatic carbocycles. The highest BCUT2D eigenvalue weighted by molar-refractivity contribution is 6.01. The van der Waals surface area contributed by atoms with Crippen LogP contribution in [0.4, 0.5) is 0 Å². The Kier molecular flexibility index (Phi) is 6.85. The van der Waals surface area contributed by atoms with Gasteiger partial charge in [-0.3, -0.25) is 9.59 Å². The molecule has 6 nitrogen and oxygen atoms in total. The van der Waals surface area contributed by atoms with Gasteiger partial charge in [0.15, 0.2) is 5.78 Å². The molecule has 0 aromatic heterocycles. The number of aliphatic hydroxyl groups excluding tert-OH is 1. The minimum absolute atomic E-state index is 0.0451. The van der Waals surface area contributed by atoms with E-state index in [1.54, 1.807) is 0 Å². The van der Waals surface area contributed by atoms with Crippen molar-refractivity contribution in [2.75, 3.05) is 0 Å². The van der Waals surface area contributed by atoms with Crippen molar-refractivity contribution in [1.29, 1.82) is 0 Å². The molecule has 0 aliphatic heterocycles. The maximum atomic E-state index is 12.2. The van der Waals surface area contributed by atoms with Crippen LogP contribution in [0, 0.1) is 0 Å². The number of aliphatic hydroxyl groups is 1. The van der Waals surface area contributed by atoms with Crippen molar-refractivity contribution in [2.45, 2.75) is 51.6 Å². The molecule has 1 aromatic rings. The molecule has 0 bridgehead atoms. The Labute approximate surface area is 129 Å². The number of aliphatic carboxylic acids is 1. The Morgan fingerprint density at radius 3 is 2.45 bits per heavy atom. The van der Waals surface area contributed by atoms with Gasteiger partial charge in [0.1, 0.15) is 11.5 Å². The zero-order valence-corrected chi connectivity index (χ0v) is 12.6. The van der Waals surface area contributed by atoms with Crippen molar-refractivity contribution in [3.63, 3.8) is 0 Å². The summed E-state index contributed by atoms with van der Waals surface area (Å²) in [5, 5.41) is 37.5. The summed E-state index contributed by atoms with van der Waals surface area (Å²) < 4.78 is 0. The van der Waals surface area contributed by atoms with Crippen molar-refractivity contribution in [3.8, 4) is 11.5 Å². The number of phenolic OH excluding ortho intramolecular Hbond substituents is 2. The van der Waals surface area contributed by atoms with Crippen LogP contribution >= 0.6 is 0 Å². The first kappa shape index (κ1) is 18.0. The second-order valence-electron chi connectivity index (χ2n) is 5.30. The number of hydrogen-bond donors (Lipinski definition) is 4. The zero-order valence-electron chi connectivity index (χ0n) is 12.6. The van der Waals surface area contributed by atoms with Gasteiger partial charge in [-0.15, -0.1) is 0 Å². The summed E-state index contributed by atoms with van der Waals surface area (Å²) in [4.78, 5) is 23.0. The number of carboxylic acids is 1. The van der Waals surface area contributed by atoms with Gasteiger partial charge >= 0.3 is 5.97 Å². The van der Waals surface area contributed by atoms with Crippen LogP contribution in [-0.4, -0.2) is 38.3 Å². The SMILES string of the molecule is CC[C@H](O)CCCCC(=O)c1c(O)cc(O)cc1CC(=O)O. The maximum absolute atomic E-state index is 12.2. The Morgan fingerprint density at radius 2 is 1.86 bits per heavy atom. The Morgan fingerprint density at radius 1 is 1.18 bits per heavy atom. The highest BCUT2D eigenvalue weighted by atomic mass is 16.4. The lowest BCUT2D eigenvalue weighted by molar-refractivity contribution is -0.136. The van der Waals surface area contributed by atoms with Crippen molar-refractivity contribution >= 4 is 11.8 Å². The van der Waals surface area contributed by atoms with Gasteiger partial charge in [0.25, 0.3) is 0 Å². The van der Waals surface area contributed by atoms with Crippen LogP contribution in [0.15, 0.2) is 12.1 Å². The molecular formula is C16H22O6. The molecule has 4 N–H and O–H groups in total. The lowest BCUT2D eigenvalue weighted by Crippen LogP contribution is -2.09. The van der Waals surface area contributed by atoms with E-state index in [9.17, 15) is 24.9 Å². The summed E-state index contributed by atoms with van der Waals surface area (Å²) in [5.41, 5.74) is 0.0554. The summed E-state index contributed by atoms with van der Waals surface area (Å²) in [6, 6.07) is 2.21. The Bertz CT molecular complexity index is 538. The summed E-state index contributed by atoms with van der Waals surface area (Å²) >= 11 is 0. The van der Waals surface area contributed by atoms with Gasteiger partial charge in [-0.05, 0) is 30.9 Å². The van der Waals surface area contributed by atoms with Crippen LogP contribution in [0.3, 0.4) is 0 Å². The number of ketones is 1. The first-order valence-corrected chi connectivity index (χ1v) is 7.33. The number of aromatic hydroxyl groups is 2. The number of Topliss-reactive ketones (excluding diaryl/α,β-unsaturated/α-hetero) is 1. The molecule has 0 heterocycles. The van der Waals surface area contributed by atoms with Crippen LogP contribution in [-0.2, 0) is 11.2 Å². The highest BCUT2D eigenvalue weighted by Crippen LogP contribution is 2.29. The third-order valence-corrected chi connectivity index (χ3v) is 3.47. The van der Waals surface area contributed by atoms with Gasteiger partial charge in [0.05, 0.1) is 18.1 Å². The van der Waals surface area contributed by atoms with E-state index in [1.807, 2.05) is 6.92 Å². The smallest absolute Gasteiger partial charge is 0.307 e. The number of hydrogen-bond acceptors (Lipinski definition) is 5. The standard InChI is InChI=1S/C16H22O6/c1-2-11(17)5-3-4-6-13(19)16-10(8-15(21)22)7-12(18)9-14(16)20/h7,9,11,17-18,20H,2-6,8H2,1H3,(H,21,22)/t11-/m0/s1. The van der Waals surface area contributed by atoms with Gasteiger partial charge in [-0.25, -0.2) is 0 Å². The van der Waals surface area contributed by atoms with Gasteiger partial charge in [0.2, 0.25) is 0 Å². The van der Waals surface area contributed by atoms with E-state index in [2.05, 4.69) is 0 Å². The van der Waals surface area contributed by atoms with Gasteiger partial charge in [-0.1, -0.05) is 13.3 Å². The van der Waals surface area contributed by atoms with Crippen LogP contribution in [0.5, 0.6) is 11.5 Å². The van der Waals surface area contributed by atoms with Crippen molar-refractivity contribution in [1.82, 2.24) is 0 Å². The average molecular weight is 310 g/mol. The Balaban J connectivity index is 2.77. The molecule has 1 rings (SSSR count). The fourth-order valence-corrected chi connectivity index (χ4v) is 2.29. The summed E-state index contributed by atoms with van der Waals surface area (Å²) in [6.07, 6.45) is 1.82. The number of benzene rings is 1. The maximum Gasteiger partial charge on any atom is 0.307 e. The summed E-state index contributed by atoms with van der Waals surface area (Å²) in [7, 11) is 0. The van der Waals surface area contributed by atoms with E-state index in [4.69, 9.17) is 5.11 Å². The minimum Gasteiger partial charge on any atom is -0.508 e. The fraction of sp³-hybridized carbons (Fsp3) is 0.500. The van der Waals surface area contributed by atoms with Crippen molar-refractivity contribution < 1.29 is 30.0 Å². The van der Waals surface area contributed by atoms with Crippen LogP contribution in [0.25, 0.3) is 0 Å². The van der Waals surface area contributed by atoms with E-state index in [-0.39, 0.29) is 35.2 Å². The molecule has 1 atom stereocenters. The molecule has 0 radical (unpaired) electrons. The largest absolute Gasteiger partial charge is 0.508 e. The van der Waals surface area contributed by atoms with Crippen molar-refractivity contribution in [2.24, 2.45) is 0 Å². The third-order valence-electron chi connectivity index (χ3n) is 3.47. The minimum atomic E-state index is -1.15.